The monoisotopic (exact) mass is 214 g/mol. The highest BCUT2D eigenvalue weighted by Gasteiger charge is 2.38. The average Bonchev–Trinajstić information content (AvgIpc) is 2.16. The van der Waals surface area contributed by atoms with Crippen LogP contribution in [-0.2, 0) is 0 Å². The van der Waals surface area contributed by atoms with Gasteiger partial charge in [0.25, 0.3) is 0 Å². The molecule has 2 atom stereocenters. The van der Waals surface area contributed by atoms with Crippen LogP contribution in [0.5, 0.6) is 0 Å². The summed E-state index contributed by atoms with van der Waals surface area (Å²) in [7, 11) is 0. The summed E-state index contributed by atoms with van der Waals surface area (Å²) in [5.74, 6) is 1.05. The first kappa shape index (κ1) is 12.9. The molecule has 1 fully saturated rings. The molecule has 0 aromatic rings. The molecule has 1 aliphatic rings. The Kier molecular flexibility index (Phi) is 4.56. The molecule has 2 unspecified atom stereocenters. The normalized spacial score (nSPS) is 25.2. The third kappa shape index (κ3) is 3.44. The molecular formula is C12H26N2O. The topological polar surface area (TPSA) is 58.3 Å². The van der Waals surface area contributed by atoms with E-state index in [0.29, 0.717) is 11.8 Å². The van der Waals surface area contributed by atoms with E-state index in [4.69, 9.17) is 5.73 Å². The summed E-state index contributed by atoms with van der Waals surface area (Å²) in [5, 5.41) is 13.7. The fourth-order valence-electron chi connectivity index (χ4n) is 2.61. The molecular weight excluding hydrogens is 188 g/mol. The minimum Gasteiger partial charge on any atom is -0.388 e. The van der Waals surface area contributed by atoms with Crippen LogP contribution in [0.15, 0.2) is 0 Å². The predicted molar refractivity (Wildman–Crippen MR) is 63.6 cm³/mol. The van der Waals surface area contributed by atoms with Gasteiger partial charge in [-0.2, -0.15) is 0 Å². The lowest BCUT2D eigenvalue weighted by Gasteiger charge is -2.40. The Morgan fingerprint density at radius 3 is 2.27 bits per heavy atom. The van der Waals surface area contributed by atoms with Crippen molar-refractivity contribution in [1.82, 2.24) is 5.32 Å². The molecule has 0 amide bonds. The molecule has 3 nitrogen and oxygen atoms in total. The van der Waals surface area contributed by atoms with E-state index < -0.39 is 5.60 Å². The maximum absolute atomic E-state index is 10.5. The summed E-state index contributed by atoms with van der Waals surface area (Å²) in [4.78, 5) is 0. The molecule has 90 valence electrons. The molecule has 1 heterocycles. The van der Waals surface area contributed by atoms with Gasteiger partial charge in [0.2, 0.25) is 0 Å². The van der Waals surface area contributed by atoms with Crippen LogP contribution in [0.25, 0.3) is 0 Å². The zero-order chi connectivity index (χ0) is 11.5. The molecule has 0 saturated carbocycles. The number of hydrogen-bond donors (Lipinski definition) is 3. The predicted octanol–water partition coefficient (Wildman–Crippen LogP) is 1.11. The van der Waals surface area contributed by atoms with Crippen molar-refractivity contribution in [3.8, 4) is 0 Å². The summed E-state index contributed by atoms with van der Waals surface area (Å²) < 4.78 is 0. The first-order valence-electron chi connectivity index (χ1n) is 6.14. The van der Waals surface area contributed by atoms with Crippen molar-refractivity contribution in [1.29, 1.82) is 0 Å². The standard InChI is InChI=1S/C12H26N2O/c1-9(2)8-10(3)11(13)12(15)4-6-14-7-5-12/h9-11,14-15H,4-8,13H2,1-3H3. The Balaban J connectivity index is 2.52. The minimum absolute atomic E-state index is 0.0815. The quantitative estimate of drug-likeness (QED) is 0.657. The fraction of sp³-hybridized carbons (Fsp3) is 1.00. The number of hydrogen-bond acceptors (Lipinski definition) is 3. The highest BCUT2D eigenvalue weighted by atomic mass is 16.3. The van der Waals surface area contributed by atoms with E-state index in [1.807, 2.05) is 0 Å². The summed E-state index contributed by atoms with van der Waals surface area (Å²) in [5.41, 5.74) is 5.56. The van der Waals surface area contributed by atoms with E-state index in [0.717, 1.165) is 32.4 Å². The molecule has 1 rings (SSSR count). The van der Waals surface area contributed by atoms with Gasteiger partial charge in [0.05, 0.1) is 5.60 Å². The highest BCUT2D eigenvalue weighted by molar-refractivity contribution is 4.95. The zero-order valence-electron chi connectivity index (χ0n) is 10.3. The lowest BCUT2D eigenvalue weighted by atomic mass is 9.77. The number of piperidine rings is 1. The molecule has 0 radical (unpaired) electrons. The van der Waals surface area contributed by atoms with Crippen molar-refractivity contribution >= 4 is 0 Å². The molecule has 15 heavy (non-hydrogen) atoms. The van der Waals surface area contributed by atoms with Crippen molar-refractivity contribution in [2.75, 3.05) is 13.1 Å². The summed E-state index contributed by atoms with van der Waals surface area (Å²) in [6, 6.07) is -0.0815. The summed E-state index contributed by atoms with van der Waals surface area (Å²) in [6.07, 6.45) is 2.67. The Labute approximate surface area is 93.4 Å². The molecule has 0 bridgehead atoms. The molecule has 4 N–H and O–H groups in total. The second-order valence-electron chi connectivity index (χ2n) is 5.49. The third-order valence-corrected chi connectivity index (χ3v) is 3.55. The molecule has 0 spiro atoms. The van der Waals surface area contributed by atoms with E-state index in [2.05, 4.69) is 26.1 Å². The first-order valence-corrected chi connectivity index (χ1v) is 6.14. The average molecular weight is 214 g/mol. The van der Waals surface area contributed by atoms with Gasteiger partial charge in [-0.1, -0.05) is 20.8 Å². The highest BCUT2D eigenvalue weighted by Crippen LogP contribution is 2.28. The van der Waals surface area contributed by atoms with Gasteiger partial charge >= 0.3 is 0 Å². The van der Waals surface area contributed by atoms with Crippen LogP contribution in [0, 0.1) is 11.8 Å². The Bertz CT molecular complexity index is 188. The smallest absolute Gasteiger partial charge is 0.0824 e. The maximum atomic E-state index is 10.5. The summed E-state index contributed by atoms with van der Waals surface area (Å²) >= 11 is 0. The van der Waals surface area contributed by atoms with Gasteiger partial charge in [-0.05, 0) is 44.2 Å². The summed E-state index contributed by atoms with van der Waals surface area (Å²) in [6.45, 7) is 8.34. The Morgan fingerprint density at radius 1 is 1.27 bits per heavy atom. The molecule has 1 aliphatic heterocycles. The largest absolute Gasteiger partial charge is 0.388 e. The van der Waals surface area contributed by atoms with Crippen LogP contribution in [0.3, 0.4) is 0 Å². The van der Waals surface area contributed by atoms with Gasteiger partial charge in [-0.3, -0.25) is 0 Å². The lowest BCUT2D eigenvalue weighted by molar-refractivity contribution is -0.0301. The second kappa shape index (κ2) is 5.28. The van der Waals surface area contributed by atoms with Gasteiger partial charge in [-0.15, -0.1) is 0 Å². The number of nitrogens with one attached hydrogen (secondary N) is 1. The van der Waals surface area contributed by atoms with Crippen molar-refractivity contribution < 1.29 is 5.11 Å². The van der Waals surface area contributed by atoms with Crippen LogP contribution < -0.4 is 11.1 Å². The van der Waals surface area contributed by atoms with Crippen LogP contribution in [-0.4, -0.2) is 29.8 Å². The van der Waals surface area contributed by atoms with Gasteiger partial charge < -0.3 is 16.2 Å². The van der Waals surface area contributed by atoms with E-state index in [1.54, 1.807) is 0 Å². The maximum Gasteiger partial charge on any atom is 0.0824 e. The molecule has 0 aliphatic carbocycles. The minimum atomic E-state index is -0.639. The van der Waals surface area contributed by atoms with E-state index in [-0.39, 0.29) is 6.04 Å². The van der Waals surface area contributed by atoms with Crippen LogP contribution in [0.4, 0.5) is 0 Å². The number of rotatable bonds is 4. The number of aliphatic hydroxyl groups is 1. The van der Waals surface area contributed by atoms with Crippen LogP contribution in [0.1, 0.15) is 40.0 Å². The molecule has 1 saturated heterocycles. The van der Waals surface area contributed by atoms with Gasteiger partial charge in [0.1, 0.15) is 0 Å². The van der Waals surface area contributed by atoms with Crippen LogP contribution >= 0.6 is 0 Å². The van der Waals surface area contributed by atoms with E-state index >= 15 is 0 Å². The van der Waals surface area contributed by atoms with Crippen molar-refractivity contribution in [3.05, 3.63) is 0 Å². The lowest BCUT2D eigenvalue weighted by Crippen LogP contribution is -2.56. The van der Waals surface area contributed by atoms with E-state index in [9.17, 15) is 5.11 Å². The molecule has 0 aromatic carbocycles. The first-order chi connectivity index (χ1) is 6.96. The van der Waals surface area contributed by atoms with Crippen LogP contribution in [0.2, 0.25) is 0 Å². The number of nitrogens with two attached hydrogens (primary N) is 1. The molecule has 3 heteroatoms. The van der Waals surface area contributed by atoms with Crippen molar-refractivity contribution in [3.63, 3.8) is 0 Å². The van der Waals surface area contributed by atoms with Gasteiger partial charge in [-0.25, -0.2) is 0 Å². The second-order valence-corrected chi connectivity index (χ2v) is 5.49. The zero-order valence-corrected chi connectivity index (χ0v) is 10.3. The van der Waals surface area contributed by atoms with E-state index in [1.165, 1.54) is 0 Å². The van der Waals surface area contributed by atoms with Crippen molar-refractivity contribution in [2.45, 2.75) is 51.7 Å². The van der Waals surface area contributed by atoms with Gasteiger partial charge in [0, 0.05) is 6.04 Å². The van der Waals surface area contributed by atoms with Gasteiger partial charge in [0.15, 0.2) is 0 Å². The molecule has 0 aromatic heterocycles. The van der Waals surface area contributed by atoms with Crippen molar-refractivity contribution in [2.24, 2.45) is 17.6 Å². The Hall–Kier alpha value is -0.120. The SMILES string of the molecule is CC(C)CC(C)C(N)C1(O)CCNCC1. The third-order valence-electron chi connectivity index (χ3n) is 3.55. The fourth-order valence-corrected chi connectivity index (χ4v) is 2.61. The Morgan fingerprint density at radius 2 is 1.80 bits per heavy atom.